The van der Waals surface area contributed by atoms with Gasteiger partial charge in [0.1, 0.15) is 5.75 Å². The number of anilines is 1. The number of nitrogens with one attached hydrogen (secondary N) is 1. The Hall–Kier alpha value is -2.50. The molecular formula is C17H21N3O3. The van der Waals surface area contributed by atoms with Gasteiger partial charge in [0.25, 0.3) is 0 Å². The molecule has 2 aromatic rings. The fourth-order valence-electron chi connectivity index (χ4n) is 2.84. The number of aromatic nitrogens is 1. The number of nitrogens with zero attached hydrogens (tertiary/aromatic N) is 2. The zero-order chi connectivity index (χ0) is 16.2. The smallest absolute Gasteiger partial charge is 0.322 e. The van der Waals surface area contributed by atoms with Crippen LogP contribution in [0, 0.1) is 6.92 Å². The van der Waals surface area contributed by atoms with Crippen LogP contribution >= 0.6 is 0 Å². The van der Waals surface area contributed by atoms with Gasteiger partial charge in [-0.25, -0.2) is 4.79 Å². The van der Waals surface area contributed by atoms with Crippen molar-refractivity contribution in [2.75, 3.05) is 18.5 Å². The Bertz CT molecular complexity index is 666. The Balaban J connectivity index is 1.67. The van der Waals surface area contributed by atoms with Crippen LogP contribution in [0.25, 0.3) is 0 Å². The zero-order valence-electron chi connectivity index (χ0n) is 13.4. The zero-order valence-corrected chi connectivity index (χ0v) is 13.4. The van der Waals surface area contributed by atoms with Crippen LogP contribution in [-0.4, -0.2) is 29.2 Å². The molecule has 1 aliphatic rings. The van der Waals surface area contributed by atoms with Crippen LogP contribution in [0.3, 0.4) is 0 Å². The molecule has 6 nitrogen and oxygen atoms in total. The van der Waals surface area contributed by atoms with Crippen LogP contribution in [0.2, 0.25) is 0 Å². The number of ether oxygens (including phenoxy) is 1. The molecule has 1 aromatic carbocycles. The van der Waals surface area contributed by atoms with Gasteiger partial charge in [0.15, 0.2) is 5.76 Å². The van der Waals surface area contributed by atoms with Gasteiger partial charge in [-0.05, 0) is 51.0 Å². The molecule has 1 aliphatic heterocycles. The van der Waals surface area contributed by atoms with E-state index in [1.807, 2.05) is 44.2 Å². The Morgan fingerprint density at radius 1 is 1.43 bits per heavy atom. The molecule has 0 unspecified atom stereocenters. The fraction of sp³-hybridized carbons (Fsp3) is 0.412. The van der Waals surface area contributed by atoms with Crippen molar-refractivity contribution in [2.24, 2.45) is 0 Å². The Kier molecular flexibility index (Phi) is 4.50. The van der Waals surface area contributed by atoms with Crippen LogP contribution in [0.1, 0.15) is 37.3 Å². The first-order valence-electron chi connectivity index (χ1n) is 7.91. The molecule has 2 amide bonds. The predicted molar refractivity (Wildman–Crippen MR) is 86.6 cm³/mol. The molecule has 0 saturated carbocycles. The van der Waals surface area contributed by atoms with E-state index in [4.69, 9.17) is 9.26 Å². The van der Waals surface area contributed by atoms with Gasteiger partial charge in [-0.1, -0.05) is 5.16 Å². The molecule has 0 bridgehead atoms. The summed E-state index contributed by atoms with van der Waals surface area (Å²) in [6, 6.07) is 9.11. The molecule has 1 atom stereocenters. The summed E-state index contributed by atoms with van der Waals surface area (Å²) in [6.45, 7) is 5.16. The van der Waals surface area contributed by atoms with Crippen LogP contribution < -0.4 is 10.1 Å². The van der Waals surface area contributed by atoms with Gasteiger partial charge in [0, 0.05) is 18.3 Å². The van der Waals surface area contributed by atoms with E-state index in [2.05, 4.69) is 10.5 Å². The van der Waals surface area contributed by atoms with Gasteiger partial charge >= 0.3 is 6.03 Å². The number of hydrogen-bond acceptors (Lipinski definition) is 4. The van der Waals surface area contributed by atoms with Gasteiger partial charge in [0.2, 0.25) is 0 Å². The first kappa shape index (κ1) is 15.4. The SMILES string of the molecule is CCOc1ccc(NC(=O)N2CCC[C@@H]2c2cc(C)no2)cc1. The number of carbonyl (C=O) groups excluding carboxylic acids is 1. The summed E-state index contributed by atoms with van der Waals surface area (Å²) in [5, 5.41) is 6.85. The number of amides is 2. The van der Waals surface area contributed by atoms with Crippen molar-refractivity contribution in [1.82, 2.24) is 10.1 Å². The standard InChI is InChI=1S/C17H21N3O3/c1-3-22-14-8-6-13(7-9-14)18-17(21)20-10-4-5-15(20)16-11-12(2)19-23-16/h6-9,11,15H,3-5,10H2,1-2H3,(H,18,21)/t15-/m1/s1. The molecule has 1 saturated heterocycles. The van der Waals surface area contributed by atoms with Crippen molar-refractivity contribution >= 4 is 11.7 Å². The largest absolute Gasteiger partial charge is 0.494 e. The molecule has 1 fully saturated rings. The molecule has 1 N–H and O–H groups in total. The highest BCUT2D eigenvalue weighted by Gasteiger charge is 2.32. The lowest BCUT2D eigenvalue weighted by molar-refractivity contribution is 0.195. The van der Waals surface area contributed by atoms with E-state index >= 15 is 0 Å². The lowest BCUT2D eigenvalue weighted by Crippen LogP contribution is -2.34. The van der Waals surface area contributed by atoms with E-state index in [0.29, 0.717) is 13.2 Å². The van der Waals surface area contributed by atoms with E-state index in [1.165, 1.54) is 0 Å². The quantitative estimate of drug-likeness (QED) is 0.933. The van der Waals surface area contributed by atoms with Crippen LogP contribution in [0.4, 0.5) is 10.5 Å². The molecule has 23 heavy (non-hydrogen) atoms. The van der Waals surface area contributed by atoms with Gasteiger partial charge in [-0.15, -0.1) is 0 Å². The maximum absolute atomic E-state index is 12.5. The minimum absolute atomic E-state index is 0.0427. The van der Waals surface area contributed by atoms with Crippen molar-refractivity contribution in [1.29, 1.82) is 0 Å². The number of rotatable bonds is 4. The number of carbonyl (C=O) groups is 1. The van der Waals surface area contributed by atoms with Crippen molar-refractivity contribution in [3.63, 3.8) is 0 Å². The first-order chi connectivity index (χ1) is 11.2. The van der Waals surface area contributed by atoms with Crippen LogP contribution in [-0.2, 0) is 0 Å². The van der Waals surface area contributed by atoms with E-state index < -0.39 is 0 Å². The second kappa shape index (κ2) is 6.73. The monoisotopic (exact) mass is 315 g/mol. The molecule has 3 rings (SSSR count). The normalized spacial score (nSPS) is 17.3. The average Bonchev–Trinajstić information content (AvgIpc) is 3.18. The second-order valence-corrected chi connectivity index (χ2v) is 5.61. The predicted octanol–water partition coefficient (Wildman–Crippen LogP) is 3.75. The number of benzene rings is 1. The van der Waals surface area contributed by atoms with Crippen molar-refractivity contribution < 1.29 is 14.1 Å². The third-order valence-electron chi connectivity index (χ3n) is 3.90. The Morgan fingerprint density at radius 2 is 2.22 bits per heavy atom. The van der Waals surface area contributed by atoms with Gasteiger partial charge in [-0.3, -0.25) is 0 Å². The number of hydrogen-bond donors (Lipinski definition) is 1. The minimum Gasteiger partial charge on any atom is -0.494 e. The average molecular weight is 315 g/mol. The highest BCUT2D eigenvalue weighted by atomic mass is 16.5. The minimum atomic E-state index is -0.120. The van der Waals surface area contributed by atoms with E-state index in [0.717, 1.165) is 35.7 Å². The maximum atomic E-state index is 12.5. The summed E-state index contributed by atoms with van der Waals surface area (Å²) in [4.78, 5) is 14.3. The van der Waals surface area contributed by atoms with Crippen LogP contribution in [0.15, 0.2) is 34.9 Å². The Labute approximate surface area is 135 Å². The molecule has 1 aromatic heterocycles. The first-order valence-corrected chi connectivity index (χ1v) is 7.91. The van der Waals surface area contributed by atoms with Crippen LogP contribution in [0.5, 0.6) is 5.75 Å². The second-order valence-electron chi connectivity index (χ2n) is 5.61. The maximum Gasteiger partial charge on any atom is 0.322 e. The third-order valence-corrected chi connectivity index (χ3v) is 3.90. The van der Waals surface area contributed by atoms with Gasteiger partial charge in [0.05, 0.1) is 18.3 Å². The summed E-state index contributed by atoms with van der Waals surface area (Å²) in [5.41, 5.74) is 1.58. The molecule has 122 valence electrons. The Morgan fingerprint density at radius 3 is 2.87 bits per heavy atom. The topological polar surface area (TPSA) is 67.6 Å². The van der Waals surface area contributed by atoms with Crippen molar-refractivity contribution in [2.45, 2.75) is 32.7 Å². The summed E-state index contributed by atoms with van der Waals surface area (Å²) >= 11 is 0. The molecular weight excluding hydrogens is 294 g/mol. The summed E-state index contributed by atoms with van der Waals surface area (Å²) < 4.78 is 10.7. The van der Waals surface area contributed by atoms with E-state index in [-0.39, 0.29) is 12.1 Å². The van der Waals surface area contributed by atoms with Crippen molar-refractivity contribution in [3.8, 4) is 5.75 Å². The summed E-state index contributed by atoms with van der Waals surface area (Å²) in [7, 11) is 0. The van der Waals surface area contributed by atoms with Gasteiger partial charge in [-0.2, -0.15) is 0 Å². The van der Waals surface area contributed by atoms with Gasteiger partial charge < -0.3 is 19.5 Å². The highest BCUT2D eigenvalue weighted by molar-refractivity contribution is 5.89. The lowest BCUT2D eigenvalue weighted by atomic mass is 10.1. The molecule has 0 aliphatic carbocycles. The number of urea groups is 1. The molecule has 0 spiro atoms. The van der Waals surface area contributed by atoms with E-state index in [1.54, 1.807) is 4.90 Å². The highest BCUT2D eigenvalue weighted by Crippen LogP contribution is 2.32. The molecule has 6 heteroatoms. The third kappa shape index (κ3) is 3.47. The lowest BCUT2D eigenvalue weighted by Gasteiger charge is -2.23. The number of likely N-dealkylation sites (tertiary alicyclic amines) is 1. The molecule has 2 heterocycles. The fourth-order valence-corrected chi connectivity index (χ4v) is 2.84. The van der Waals surface area contributed by atoms with Crippen molar-refractivity contribution in [3.05, 3.63) is 41.8 Å². The molecule has 0 radical (unpaired) electrons. The number of aryl methyl sites for hydroxylation is 1. The summed E-state index contributed by atoms with van der Waals surface area (Å²) in [6.07, 6.45) is 1.85. The van der Waals surface area contributed by atoms with E-state index in [9.17, 15) is 4.79 Å². The summed E-state index contributed by atoms with van der Waals surface area (Å²) in [5.74, 6) is 1.54.